The van der Waals surface area contributed by atoms with Crippen molar-refractivity contribution in [3.63, 3.8) is 0 Å². The molecule has 5 heteroatoms. The Morgan fingerprint density at radius 3 is 3.00 bits per heavy atom. The lowest BCUT2D eigenvalue weighted by molar-refractivity contribution is 0.0930. The molecule has 1 unspecified atom stereocenters. The maximum atomic E-state index is 12.3. The second-order valence-electron chi connectivity index (χ2n) is 5.01. The largest absolute Gasteiger partial charge is 0.469 e. The van der Waals surface area contributed by atoms with Crippen LogP contribution in [0.15, 0.2) is 35.1 Å². The molecule has 0 aliphatic rings. The third-order valence-electron chi connectivity index (χ3n) is 3.08. The van der Waals surface area contributed by atoms with Crippen LogP contribution in [0.3, 0.4) is 0 Å². The van der Waals surface area contributed by atoms with Gasteiger partial charge in [0.1, 0.15) is 11.5 Å². The van der Waals surface area contributed by atoms with Crippen molar-refractivity contribution in [2.24, 2.45) is 0 Å². The minimum Gasteiger partial charge on any atom is -0.469 e. The van der Waals surface area contributed by atoms with Gasteiger partial charge in [-0.2, -0.15) is 0 Å². The van der Waals surface area contributed by atoms with Crippen LogP contribution in [0, 0.1) is 0 Å². The van der Waals surface area contributed by atoms with E-state index in [1.54, 1.807) is 18.5 Å². The number of anilines is 1. The highest BCUT2D eigenvalue weighted by molar-refractivity contribution is 5.94. The quantitative estimate of drug-likeness (QED) is 0.850. The molecule has 2 aromatic heterocycles. The lowest BCUT2D eigenvalue weighted by atomic mass is 10.2. The van der Waals surface area contributed by atoms with Crippen molar-refractivity contribution in [1.82, 2.24) is 9.88 Å². The summed E-state index contributed by atoms with van der Waals surface area (Å²) in [7, 11) is 0. The molecule has 0 aromatic carbocycles. The average Bonchev–Trinajstić information content (AvgIpc) is 2.99. The first-order valence-corrected chi connectivity index (χ1v) is 6.89. The molecule has 0 radical (unpaired) electrons. The molecule has 2 heterocycles. The van der Waals surface area contributed by atoms with Crippen LogP contribution in [0.2, 0.25) is 0 Å². The van der Waals surface area contributed by atoms with Crippen LogP contribution >= 0.6 is 0 Å². The van der Waals surface area contributed by atoms with E-state index >= 15 is 0 Å². The molecule has 0 spiro atoms. The van der Waals surface area contributed by atoms with Gasteiger partial charge in [0.15, 0.2) is 0 Å². The lowest BCUT2D eigenvalue weighted by Crippen LogP contribution is -2.35. The van der Waals surface area contributed by atoms with Crippen LogP contribution in [0.25, 0.3) is 0 Å². The Hall–Kier alpha value is -2.17. The van der Waals surface area contributed by atoms with E-state index in [0.717, 1.165) is 18.7 Å². The number of furan rings is 1. The summed E-state index contributed by atoms with van der Waals surface area (Å²) in [6, 6.07) is 5.46. The monoisotopic (exact) mass is 275 g/mol. The summed E-state index contributed by atoms with van der Waals surface area (Å²) in [6.45, 7) is 4.81. The van der Waals surface area contributed by atoms with Crippen LogP contribution < -0.4 is 11.1 Å². The first kappa shape index (κ1) is 14.2. The summed E-state index contributed by atoms with van der Waals surface area (Å²) in [4.78, 5) is 12.3. The molecule has 2 rings (SSSR count). The van der Waals surface area contributed by atoms with Crippen molar-refractivity contribution >= 4 is 11.6 Å². The number of nitrogens with zero attached hydrogens (tertiary/aromatic N) is 1. The van der Waals surface area contributed by atoms with Gasteiger partial charge in [0.25, 0.3) is 5.91 Å². The van der Waals surface area contributed by atoms with Gasteiger partial charge in [0, 0.05) is 25.2 Å². The molecular weight excluding hydrogens is 254 g/mol. The second kappa shape index (κ2) is 6.32. The Bertz CT molecular complexity index is 558. The van der Waals surface area contributed by atoms with E-state index in [0.29, 0.717) is 17.8 Å². The Labute approximate surface area is 118 Å². The summed E-state index contributed by atoms with van der Waals surface area (Å²) in [5.41, 5.74) is 6.99. The standard InChI is InChI=1S/C15H21N3O2/c1-3-6-18-10-12(16)9-14(18)15(19)17-11(2)8-13-5-4-7-20-13/h4-5,7,9-11H,3,6,8,16H2,1-2H3,(H,17,19). The molecule has 20 heavy (non-hydrogen) atoms. The number of hydrogen-bond acceptors (Lipinski definition) is 3. The van der Waals surface area contributed by atoms with Gasteiger partial charge in [0.2, 0.25) is 0 Å². The van der Waals surface area contributed by atoms with Gasteiger partial charge in [-0.3, -0.25) is 4.79 Å². The fourth-order valence-corrected chi connectivity index (χ4v) is 2.23. The highest BCUT2D eigenvalue weighted by Crippen LogP contribution is 2.12. The predicted molar refractivity (Wildman–Crippen MR) is 78.5 cm³/mol. The second-order valence-corrected chi connectivity index (χ2v) is 5.01. The van der Waals surface area contributed by atoms with Crippen molar-refractivity contribution in [3.05, 3.63) is 42.1 Å². The molecule has 1 amide bonds. The average molecular weight is 275 g/mol. The number of nitrogens with one attached hydrogen (secondary N) is 1. The minimum atomic E-state index is -0.103. The van der Waals surface area contributed by atoms with E-state index < -0.39 is 0 Å². The van der Waals surface area contributed by atoms with Crippen LogP contribution in [0.5, 0.6) is 0 Å². The van der Waals surface area contributed by atoms with Gasteiger partial charge >= 0.3 is 0 Å². The summed E-state index contributed by atoms with van der Waals surface area (Å²) < 4.78 is 7.17. The third-order valence-corrected chi connectivity index (χ3v) is 3.08. The predicted octanol–water partition coefficient (Wildman–Crippen LogP) is 2.43. The molecule has 0 saturated heterocycles. The number of carbonyl (C=O) groups is 1. The number of nitrogens with two attached hydrogens (primary N) is 1. The van der Waals surface area contributed by atoms with E-state index in [9.17, 15) is 4.79 Å². The van der Waals surface area contributed by atoms with Crippen molar-refractivity contribution in [2.45, 2.75) is 39.3 Å². The number of aryl methyl sites for hydroxylation is 1. The number of rotatable bonds is 6. The van der Waals surface area contributed by atoms with E-state index in [4.69, 9.17) is 10.2 Å². The highest BCUT2D eigenvalue weighted by atomic mass is 16.3. The molecule has 0 bridgehead atoms. The smallest absolute Gasteiger partial charge is 0.268 e. The molecule has 1 atom stereocenters. The Morgan fingerprint density at radius 1 is 1.55 bits per heavy atom. The number of amides is 1. The maximum absolute atomic E-state index is 12.3. The van der Waals surface area contributed by atoms with E-state index in [1.807, 2.05) is 23.6 Å². The van der Waals surface area contributed by atoms with Crippen molar-refractivity contribution in [3.8, 4) is 0 Å². The molecule has 3 N–H and O–H groups in total. The zero-order chi connectivity index (χ0) is 14.5. The molecule has 0 aliphatic heterocycles. The first-order valence-electron chi connectivity index (χ1n) is 6.89. The third kappa shape index (κ3) is 3.44. The molecular formula is C15H21N3O2. The Kier molecular flexibility index (Phi) is 4.50. The maximum Gasteiger partial charge on any atom is 0.268 e. The minimum absolute atomic E-state index is 0.000138. The molecule has 2 aromatic rings. The van der Waals surface area contributed by atoms with Crippen molar-refractivity contribution < 1.29 is 9.21 Å². The van der Waals surface area contributed by atoms with Gasteiger partial charge < -0.3 is 20.0 Å². The highest BCUT2D eigenvalue weighted by Gasteiger charge is 2.15. The lowest BCUT2D eigenvalue weighted by Gasteiger charge is -2.14. The number of nitrogen functional groups attached to an aromatic ring is 1. The first-order chi connectivity index (χ1) is 9.60. The SMILES string of the molecule is CCCn1cc(N)cc1C(=O)NC(C)Cc1ccco1. The number of carbonyl (C=O) groups excluding carboxylic acids is 1. The van der Waals surface area contributed by atoms with Gasteiger partial charge in [0.05, 0.1) is 12.0 Å². The summed E-state index contributed by atoms with van der Waals surface area (Å²) in [6.07, 6.45) is 5.06. The number of aromatic nitrogens is 1. The summed E-state index contributed by atoms with van der Waals surface area (Å²) in [5.74, 6) is 0.760. The molecule has 0 saturated carbocycles. The Balaban J connectivity index is 2.00. The topological polar surface area (TPSA) is 73.2 Å². The van der Waals surface area contributed by atoms with Crippen LogP contribution in [0.1, 0.15) is 36.5 Å². The fraction of sp³-hybridized carbons (Fsp3) is 0.400. The van der Waals surface area contributed by atoms with Crippen molar-refractivity contribution in [1.29, 1.82) is 0 Å². The zero-order valence-electron chi connectivity index (χ0n) is 11.9. The zero-order valence-corrected chi connectivity index (χ0v) is 11.9. The fourth-order valence-electron chi connectivity index (χ4n) is 2.23. The summed E-state index contributed by atoms with van der Waals surface area (Å²) in [5, 5.41) is 2.97. The Morgan fingerprint density at radius 2 is 2.35 bits per heavy atom. The number of hydrogen-bond donors (Lipinski definition) is 2. The molecule has 108 valence electrons. The van der Waals surface area contributed by atoms with E-state index in [-0.39, 0.29) is 11.9 Å². The molecule has 5 nitrogen and oxygen atoms in total. The van der Waals surface area contributed by atoms with Gasteiger partial charge in [-0.15, -0.1) is 0 Å². The van der Waals surface area contributed by atoms with Crippen LogP contribution in [-0.2, 0) is 13.0 Å². The normalized spacial score (nSPS) is 12.3. The van der Waals surface area contributed by atoms with Crippen LogP contribution in [0.4, 0.5) is 5.69 Å². The van der Waals surface area contributed by atoms with Crippen LogP contribution in [-0.4, -0.2) is 16.5 Å². The van der Waals surface area contributed by atoms with Gasteiger partial charge in [-0.25, -0.2) is 0 Å². The van der Waals surface area contributed by atoms with Gasteiger partial charge in [-0.05, 0) is 31.5 Å². The molecule has 0 fully saturated rings. The van der Waals surface area contributed by atoms with Crippen molar-refractivity contribution in [2.75, 3.05) is 5.73 Å². The van der Waals surface area contributed by atoms with E-state index in [1.165, 1.54) is 0 Å². The summed E-state index contributed by atoms with van der Waals surface area (Å²) >= 11 is 0. The molecule has 0 aliphatic carbocycles. The van der Waals surface area contributed by atoms with E-state index in [2.05, 4.69) is 12.2 Å². The van der Waals surface area contributed by atoms with Gasteiger partial charge in [-0.1, -0.05) is 6.92 Å².